The van der Waals surface area contributed by atoms with Gasteiger partial charge in [0.1, 0.15) is 11.6 Å². The van der Waals surface area contributed by atoms with Crippen LogP contribution in [0.15, 0.2) is 12.1 Å². The van der Waals surface area contributed by atoms with Crippen LogP contribution in [0.2, 0.25) is 0 Å². The summed E-state index contributed by atoms with van der Waals surface area (Å²) in [6, 6.07) is 1.64. The van der Waals surface area contributed by atoms with E-state index in [-0.39, 0.29) is 23.7 Å². The van der Waals surface area contributed by atoms with E-state index in [1.807, 2.05) is 0 Å². The number of nitrogens with one attached hydrogen (secondary N) is 1. The first-order valence-electron chi connectivity index (χ1n) is 4.92. The molecule has 3 N–H and O–H groups in total. The molecule has 0 bridgehead atoms. The first kappa shape index (κ1) is 12.6. The zero-order valence-electron chi connectivity index (χ0n) is 9.18. The molecule has 1 rings (SSSR count). The maximum absolute atomic E-state index is 13.3. The maximum Gasteiger partial charge on any atom is 0.254 e. The van der Waals surface area contributed by atoms with Crippen molar-refractivity contribution in [1.82, 2.24) is 5.32 Å². The molecule has 0 spiro atoms. The highest BCUT2D eigenvalue weighted by Gasteiger charge is 2.15. The van der Waals surface area contributed by atoms with Crippen LogP contribution in [0.5, 0.6) is 0 Å². The Labute approximate surface area is 92.6 Å². The second-order valence-corrected chi connectivity index (χ2v) is 3.69. The summed E-state index contributed by atoms with van der Waals surface area (Å²) in [5, 5.41) is 2.51. The number of hydrogen-bond acceptors (Lipinski definition) is 2. The molecule has 0 unspecified atom stereocenters. The van der Waals surface area contributed by atoms with E-state index in [2.05, 4.69) is 5.32 Å². The van der Waals surface area contributed by atoms with Crippen LogP contribution >= 0.6 is 0 Å². The number of benzene rings is 1. The molecule has 1 amide bonds. The van der Waals surface area contributed by atoms with E-state index in [1.165, 1.54) is 13.0 Å². The molecular weight excluding hydrogens is 214 g/mol. The quantitative estimate of drug-likeness (QED) is 0.820. The fourth-order valence-corrected chi connectivity index (χ4v) is 1.19. The largest absolute Gasteiger partial charge is 0.348 e. The number of nitrogens with two attached hydrogens (primary N) is 1. The van der Waals surface area contributed by atoms with Crippen molar-refractivity contribution in [2.24, 2.45) is 5.73 Å². The van der Waals surface area contributed by atoms with Crippen LogP contribution in [-0.4, -0.2) is 18.5 Å². The van der Waals surface area contributed by atoms with Gasteiger partial charge in [-0.05, 0) is 25.5 Å². The predicted octanol–water partition coefficient (Wildman–Crippen LogP) is 1.35. The summed E-state index contributed by atoms with van der Waals surface area (Å²) in [6.07, 6.45) is 0. The van der Waals surface area contributed by atoms with Gasteiger partial charge in [-0.25, -0.2) is 8.78 Å². The number of amides is 1. The van der Waals surface area contributed by atoms with Crippen LogP contribution in [-0.2, 0) is 0 Å². The third-order valence-corrected chi connectivity index (χ3v) is 2.22. The number of aryl methyl sites for hydroxylation is 1. The molecule has 0 aliphatic carbocycles. The van der Waals surface area contributed by atoms with E-state index >= 15 is 0 Å². The van der Waals surface area contributed by atoms with Gasteiger partial charge in [-0.2, -0.15) is 0 Å². The van der Waals surface area contributed by atoms with Gasteiger partial charge in [0.05, 0.1) is 5.56 Å². The lowest BCUT2D eigenvalue weighted by molar-refractivity contribution is 0.0937. The lowest BCUT2D eigenvalue weighted by atomic mass is 10.1. The van der Waals surface area contributed by atoms with E-state index in [4.69, 9.17) is 5.73 Å². The minimum Gasteiger partial charge on any atom is -0.348 e. The molecule has 0 saturated heterocycles. The molecule has 0 aliphatic heterocycles. The van der Waals surface area contributed by atoms with Crippen molar-refractivity contribution in [2.45, 2.75) is 19.9 Å². The summed E-state index contributed by atoms with van der Waals surface area (Å²) >= 11 is 0. The Morgan fingerprint density at radius 2 is 2.06 bits per heavy atom. The second kappa shape index (κ2) is 5.03. The molecule has 0 aromatic heterocycles. The molecule has 16 heavy (non-hydrogen) atoms. The molecule has 0 fully saturated rings. The van der Waals surface area contributed by atoms with Crippen LogP contribution in [0.4, 0.5) is 8.78 Å². The Bertz CT molecular complexity index is 407. The molecule has 5 heteroatoms. The minimum absolute atomic E-state index is 0.167. The van der Waals surface area contributed by atoms with Crippen molar-refractivity contribution in [3.8, 4) is 0 Å². The summed E-state index contributed by atoms with van der Waals surface area (Å²) < 4.78 is 26.3. The average Bonchev–Trinajstić information content (AvgIpc) is 2.23. The Morgan fingerprint density at radius 1 is 1.44 bits per heavy atom. The molecule has 0 saturated carbocycles. The van der Waals surface area contributed by atoms with Crippen molar-refractivity contribution in [3.63, 3.8) is 0 Å². The SMILES string of the molecule is Cc1cc(C(=O)N[C@H](C)CN)c(F)cc1F. The second-order valence-electron chi connectivity index (χ2n) is 3.69. The Kier molecular flexibility index (Phi) is 3.95. The zero-order valence-corrected chi connectivity index (χ0v) is 9.18. The van der Waals surface area contributed by atoms with E-state index in [1.54, 1.807) is 6.92 Å². The van der Waals surface area contributed by atoms with E-state index < -0.39 is 17.5 Å². The minimum atomic E-state index is -0.871. The maximum atomic E-state index is 13.3. The van der Waals surface area contributed by atoms with Gasteiger partial charge in [0.15, 0.2) is 0 Å². The van der Waals surface area contributed by atoms with Gasteiger partial charge in [-0.1, -0.05) is 0 Å². The molecule has 1 aromatic carbocycles. The highest BCUT2D eigenvalue weighted by Crippen LogP contribution is 2.14. The van der Waals surface area contributed by atoms with Gasteiger partial charge in [0.2, 0.25) is 0 Å². The molecular formula is C11H14F2N2O. The summed E-state index contributed by atoms with van der Waals surface area (Å²) in [5.41, 5.74) is 5.38. The van der Waals surface area contributed by atoms with Gasteiger partial charge in [-0.3, -0.25) is 4.79 Å². The van der Waals surface area contributed by atoms with Crippen molar-refractivity contribution in [1.29, 1.82) is 0 Å². The highest BCUT2D eigenvalue weighted by molar-refractivity contribution is 5.94. The first-order valence-corrected chi connectivity index (χ1v) is 4.92. The molecule has 0 radical (unpaired) electrons. The number of hydrogen-bond donors (Lipinski definition) is 2. The third kappa shape index (κ3) is 2.76. The normalized spacial score (nSPS) is 12.3. The number of rotatable bonds is 3. The van der Waals surface area contributed by atoms with Gasteiger partial charge < -0.3 is 11.1 Å². The Morgan fingerprint density at radius 3 is 2.62 bits per heavy atom. The number of carbonyl (C=O) groups excluding carboxylic acids is 1. The van der Waals surface area contributed by atoms with Crippen LogP contribution in [0.25, 0.3) is 0 Å². The van der Waals surface area contributed by atoms with Crippen molar-refractivity contribution in [3.05, 3.63) is 34.9 Å². The standard InChI is InChI=1S/C11H14F2N2O/c1-6-3-8(10(13)4-9(6)12)11(16)15-7(2)5-14/h3-4,7H,5,14H2,1-2H3,(H,15,16)/t7-/m1/s1. The van der Waals surface area contributed by atoms with Crippen molar-refractivity contribution >= 4 is 5.91 Å². The van der Waals surface area contributed by atoms with Crippen molar-refractivity contribution in [2.75, 3.05) is 6.54 Å². The molecule has 3 nitrogen and oxygen atoms in total. The predicted molar refractivity (Wildman–Crippen MR) is 57.1 cm³/mol. The van der Waals surface area contributed by atoms with Gasteiger partial charge >= 0.3 is 0 Å². The fourth-order valence-electron chi connectivity index (χ4n) is 1.19. The van der Waals surface area contributed by atoms with Gasteiger partial charge in [0, 0.05) is 18.7 Å². The first-order chi connectivity index (χ1) is 7.45. The summed E-state index contributed by atoms with van der Waals surface area (Å²) in [7, 11) is 0. The molecule has 0 aliphatic rings. The molecule has 1 atom stereocenters. The van der Waals surface area contributed by atoms with E-state index in [9.17, 15) is 13.6 Å². The van der Waals surface area contributed by atoms with Gasteiger partial charge in [-0.15, -0.1) is 0 Å². The third-order valence-electron chi connectivity index (χ3n) is 2.22. The fraction of sp³-hybridized carbons (Fsp3) is 0.364. The molecule has 88 valence electrons. The summed E-state index contributed by atoms with van der Waals surface area (Å²) in [4.78, 5) is 11.6. The van der Waals surface area contributed by atoms with Gasteiger partial charge in [0.25, 0.3) is 5.91 Å². The smallest absolute Gasteiger partial charge is 0.254 e. The van der Waals surface area contributed by atoms with Crippen LogP contribution in [0.3, 0.4) is 0 Å². The topological polar surface area (TPSA) is 55.1 Å². The van der Waals surface area contributed by atoms with Crippen LogP contribution < -0.4 is 11.1 Å². The van der Waals surface area contributed by atoms with E-state index in [0.29, 0.717) is 6.07 Å². The summed E-state index contributed by atoms with van der Waals surface area (Å²) in [6.45, 7) is 3.43. The van der Waals surface area contributed by atoms with Crippen molar-refractivity contribution < 1.29 is 13.6 Å². The van der Waals surface area contributed by atoms with Crippen LogP contribution in [0.1, 0.15) is 22.8 Å². The molecule has 0 heterocycles. The summed E-state index contributed by atoms with van der Waals surface area (Å²) in [5.74, 6) is -2.12. The lowest BCUT2D eigenvalue weighted by Gasteiger charge is -2.12. The number of carbonyl (C=O) groups is 1. The average molecular weight is 228 g/mol. The Balaban J connectivity index is 2.96. The monoisotopic (exact) mass is 228 g/mol. The highest BCUT2D eigenvalue weighted by atomic mass is 19.1. The molecule has 1 aromatic rings. The van der Waals surface area contributed by atoms with Crippen LogP contribution in [0, 0.1) is 18.6 Å². The Hall–Kier alpha value is -1.49. The lowest BCUT2D eigenvalue weighted by Crippen LogP contribution is -2.38. The van der Waals surface area contributed by atoms with E-state index in [0.717, 1.165) is 0 Å². The zero-order chi connectivity index (χ0) is 12.3. The number of halogens is 2.